The number of phenolic OH excluding ortho intramolecular Hbond substituents is 1. The highest BCUT2D eigenvalue weighted by atomic mass is 16.3. The van der Waals surface area contributed by atoms with Crippen molar-refractivity contribution in [3.8, 4) is 5.75 Å². The monoisotopic (exact) mass is 404 g/mol. The summed E-state index contributed by atoms with van der Waals surface area (Å²) in [6, 6.07) is 8.72. The van der Waals surface area contributed by atoms with Crippen LogP contribution in [0.2, 0.25) is 0 Å². The van der Waals surface area contributed by atoms with Crippen LogP contribution in [0.15, 0.2) is 73.1 Å². The van der Waals surface area contributed by atoms with Crippen LogP contribution in [0, 0.1) is 0 Å². The maximum atomic E-state index is 12.9. The Morgan fingerprint density at radius 2 is 1.83 bits per heavy atom. The fourth-order valence-electron chi connectivity index (χ4n) is 3.66. The predicted octanol–water partition coefficient (Wildman–Crippen LogP) is 2.50. The average Bonchev–Trinajstić information content (AvgIpc) is 3.36. The molecular formula is C22H20N4O4. The summed E-state index contributed by atoms with van der Waals surface area (Å²) < 4.78 is 1.89. The number of aryl methyl sites for hydroxylation is 1. The lowest BCUT2D eigenvalue weighted by Crippen LogP contribution is -2.31. The second-order valence-electron chi connectivity index (χ2n) is 6.98. The van der Waals surface area contributed by atoms with E-state index in [0.29, 0.717) is 30.6 Å². The molecular weight excluding hydrogens is 384 g/mol. The molecule has 152 valence electrons. The molecule has 2 aromatic heterocycles. The summed E-state index contributed by atoms with van der Waals surface area (Å²) in [6.07, 6.45) is 8.77. The molecule has 1 aliphatic heterocycles. The number of benzene rings is 1. The van der Waals surface area contributed by atoms with Crippen molar-refractivity contribution in [2.24, 2.45) is 0 Å². The number of carbonyl (C=O) groups is 2. The summed E-state index contributed by atoms with van der Waals surface area (Å²) in [5.74, 6) is -1.67. The molecule has 0 saturated carbocycles. The molecule has 3 aromatic rings. The maximum Gasteiger partial charge on any atom is 0.295 e. The van der Waals surface area contributed by atoms with Gasteiger partial charge in [-0.15, -0.1) is 0 Å². The maximum absolute atomic E-state index is 12.9. The van der Waals surface area contributed by atoms with Gasteiger partial charge in [0.2, 0.25) is 0 Å². The van der Waals surface area contributed by atoms with E-state index in [2.05, 4.69) is 9.97 Å². The van der Waals surface area contributed by atoms with Crippen molar-refractivity contribution in [2.45, 2.75) is 19.0 Å². The van der Waals surface area contributed by atoms with Crippen molar-refractivity contribution < 1.29 is 19.8 Å². The van der Waals surface area contributed by atoms with Crippen LogP contribution < -0.4 is 0 Å². The Labute approximate surface area is 172 Å². The first kappa shape index (κ1) is 19.4. The SMILES string of the molecule is O=C1C(=O)N(CCCn2ccnc2)C(c2cccc(O)c2)C1=C(O)c1ccncc1. The van der Waals surface area contributed by atoms with Gasteiger partial charge in [-0.1, -0.05) is 12.1 Å². The van der Waals surface area contributed by atoms with E-state index in [1.54, 1.807) is 36.8 Å². The van der Waals surface area contributed by atoms with Crippen LogP contribution in [0.25, 0.3) is 5.76 Å². The van der Waals surface area contributed by atoms with Gasteiger partial charge in [0, 0.05) is 43.4 Å². The Kier molecular flexibility index (Phi) is 5.30. The van der Waals surface area contributed by atoms with Crippen molar-refractivity contribution in [1.82, 2.24) is 19.4 Å². The summed E-state index contributed by atoms with van der Waals surface area (Å²) in [7, 11) is 0. The van der Waals surface area contributed by atoms with E-state index >= 15 is 0 Å². The summed E-state index contributed by atoms with van der Waals surface area (Å²) >= 11 is 0. The third-order valence-corrected chi connectivity index (χ3v) is 5.05. The number of hydrogen-bond donors (Lipinski definition) is 2. The molecule has 1 saturated heterocycles. The van der Waals surface area contributed by atoms with Crippen molar-refractivity contribution in [2.75, 3.05) is 6.54 Å². The smallest absolute Gasteiger partial charge is 0.295 e. The van der Waals surface area contributed by atoms with E-state index in [9.17, 15) is 19.8 Å². The number of aromatic nitrogens is 3. The first-order valence-corrected chi connectivity index (χ1v) is 9.49. The predicted molar refractivity (Wildman–Crippen MR) is 108 cm³/mol. The van der Waals surface area contributed by atoms with Gasteiger partial charge in [-0.25, -0.2) is 4.98 Å². The van der Waals surface area contributed by atoms with E-state index < -0.39 is 17.7 Å². The molecule has 8 nitrogen and oxygen atoms in total. The molecule has 1 aromatic carbocycles. The van der Waals surface area contributed by atoms with E-state index in [4.69, 9.17) is 0 Å². The van der Waals surface area contributed by atoms with Gasteiger partial charge < -0.3 is 19.7 Å². The fourth-order valence-corrected chi connectivity index (χ4v) is 3.66. The van der Waals surface area contributed by atoms with Crippen LogP contribution in [0.1, 0.15) is 23.6 Å². The minimum absolute atomic E-state index is 0.000527. The molecule has 1 aliphatic rings. The van der Waals surface area contributed by atoms with Crippen molar-refractivity contribution in [3.05, 3.63) is 84.2 Å². The Balaban J connectivity index is 1.73. The highest BCUT2D eigenvalue weighted by Gasteiger charge is 2.45. The topological polar surface area (TPSA) is 109 Å². The number of ketones is 1. The number of rotatable bonds is 6. The van der Waals surface area contributed by atoms with Gasteiger partial charge in [-0.2, -0.15) is 0 Å². The van der Waals surface area contributed by atoms with Gasteiger partial charge in [0.1, 0.15) is 11.5 Å². The molecule has 0 radical (unpaired) electrons. The van der Waals surface area contributed by atoms with E-state index in [1.165, 1.54) is 29.4 Å². The number of imidazole rings is 1. The number of likely N-dealkylation sites (tertiary alicyclic amines) is 1. The largest absolute Gasteiger partial charge is 0.508 e. The van der Waals surface area contributed by atoms with E-state index in [0.717, 1.165) is 0 Å². The van der Waals surface area contributed by atoms with Crippen LogP contribution in [-0.2, 0) is 16.1 Å². The number of hydrogen-bond acceptors (Lipinski definition) is 6. The quantitative estimate of drug-likeness (QED) is 0.371. The minimum Gasteiger partial charge on any atom is -0.508 e. The van der Waals surface area contributed by atoms with E-state index in [1.807, 2.05) is 10.8 Å². The Morgan fingerprint density at radius 3 is 2.53 bits per heavy atom. The van der Waals surface area contributed by atoms with Crippen molar-refractivity contribution >= 4 is 17.4 Å². The number of aromatic hydroxyl groups is 1. The fraction of sp³-hybridized carbons (Fsp3) is 0.182. The lowest BCUT2D eigenvalue weighted by molar-refractivity contribution is -0.139. The number of Topliss-reactive ketones (excluding diaryl/α,β-unsaturated/α-hetero) is 1. The third-order valence-electron chi connectivity index (χ3n) is 5.05. The zero-order valence-corrected chi connectivity index (χ0v) is 16.0. The summed E-state index contributed by atoms with van der Waals surface area (Å²) in [4.78, 5) is 35.1. The average molecular weight is 404 g/mol. The lowest BCUT2D eigenvalue weighted by atomic mass is 9.95. The standard InChI is InChI=1S/C22H20N4O4/c27-17-4-1-3-16(13-17)19-18(20(28)15-5-7-23-8-6-15)21(29)22(30)26(19)11-2-10-25-12-9-24-14-25/h1,3-9,12-14,19,27-28H,2,10-11H2. The summed E-state index contributed by atoms with van der Waals surface area (Å²) in [5.41, 5.74) is 0.943. The normalized spacial score (nSPS) is 18.1. The van der Waals surface area contributed by atoms with Crippen LogP contribution in [-0.4, -0.2) is 47.9 Å². The van der Waals surface area contributed by atoms with Crippen LogP contribution in [0.3, 0.4) is 0 Å². The molecule has 1 fully saturated rings. The number of aliphatic hydroxyl groups excluding tert-OH is 1. The number of phenols is 1. The number of pyridine rings is 1. The lowest BCUT2D eigenvalue weighted by Gasteiger charge is -2.25. The molecule has 0 bridgehead atoms. The van der Waals surface area contributed by atoms with Crippen LogP contribution in [0.5, 0.6) is 5.75 Å². The second kappa shape index (κ2) is 8.20. The van der Waals surface area contributed by atoms with Gasteiger partial charge in [-0.05, 0) is 36.2 Å². The molecule has 0 aliphatic carbocycles. The molecule has 3 heterocycles. The Morgan fingerprint density at radius 1 is 1.03 bits per heavy atom. The highest BCUT2D eigenvalue weighted by molar-refractivity contribution is 6.46. The van der Waals surface area contributed by atoms with Crippen molar-refractivity contribution in [3.63, 3.8) is 0 Å². The minimum atomic E-state index is -0.798. The molecule has 8 heteroatoms. The summed E-state index contributed by atoms with van der Waals surface area (Å²) in [5, 5.41) is 20.8. The zero-order valence-electron chi connectivity index (χ0n) is 16.0. The molecule has 4 rings (SSSR count). The second-order valence-corrected chi connectivity index (χ2v) is 6.98. The number of carbonyl (C=O) groups excluding carboxylic acids is 2. The molecule has 2 N–H and O–H groups in total. The van der Waals surface area contributed by atoms with Gasteiger partial charge in [0.25, 0.3) is 11.7 Å². The first-order valence-electron chi connectivity index (χ1n) is 9.49. The highest BCUT2D eigenvalue weighted by Crippen LogP contribution is 2.40. The Hall–Kier alpha value is -3.94. The number of aliphatic hydroxyl groups is 1. The summed E-state index contributed by atoms with van der Waals surface area (Å²) in [6.45, 7) is 0.927. The molecule has 30 heavy (non-hydrogen) atoms. The van der Waals surface area contributed by atoms with Gasteiger partial charge in [-0.3, -0.25) is 14.6 Å². The van der Waals surface area contributed by atoms with Gasteiger partial charge >= 0.3 is 0 Å². The first-order chi connectivity index (χ1) is 14.6. The van der Waals surface area contributed by atoms with Crippen LogP contribution in [0.4, 0.5) is 0 Å². The molecule has 1 unspecified atom stereocenters. The molecule has 1 atom stereocenters. The third kappa shape index (κ3) is 3.67. The van der Waals surface area contributed by atoms with Crippen LogP contribution >= 0.6 is 0 Å². The molecule has 1 amide bonds. The number of nitrogens with zero attached hydrogens (tertiary/aromatic N) is 4. The van der Waals surface area contributed by atoms with Gasteiger partial charge in [0.05, 0.1) is 17.9 Å². The van der Waals surface area contributed by atoms with Crippen molar-refractivity contribution in [1.29, 1.82) is 0 Å². The van der Waals surface area contributed by atoms with Gasteiger partial charge in [0.15, 0.2) is 0 Å². The van der Waals surface area contributed by atoms with E-state index in [-0.39, 0.29) is 17.1 Å². The Bertz CT molecular complexity index is 1090. The molecule has 0 spiro atoms. The zero-order chi connectivity index (χ0) is 21.1. The number of amides is 1.